The molecular weight excluding hydrogens is 396 g/mol. The molecule has 3 amide bonds. The number of urea groups is 1. The summed E-state index contributed by atoms with van der Waals surface area (Å²) in [7, 11) is 0. The summed E-state index contributed by atoms with van der Waals surface area (Å²) in [5.74, 6) is 0.567. The van der Waals surface area contributed by atoms with E-state index in [1.807, 2.05) is 18.2 Å². The van der Waals surface area contributed by atoms with Gasteiger partial charge in [0.05, 0.1) is 12.2 Å². The highest BCUT2D eigenvalue weighted by atomic mass is 16.2. The molecular formula is C21H22N8O2. The third-order valence-corrected chi connectivity index (χ3v) is 5.24. The number of nitrogens with one attached hydrogen (secondary N) is 4. The lowest BCUT2D eigenvalue weighted by Gasteiger charge is -2.18. The number of carbonyl (C=O) groups is 2. The van der Waals surface area contributed by atoms with E-state index in [2.05, 4.69) is 55.4 Å². The maximum Gasteiger partial charge on any atom is 0.326 e. The van der Waals surface area contributed by atoms with E-state index >= 15 is 0 Å². The van der Waals surface area contributed by atoms with Crippen molar-refractivity contribution in [2.75, 3.05) is 10.6 Å². The normalized spacial score (nSPS) is 18.2. The Kier molecular flexibility index (Phi) is 4.73. The Bertz CT molecular complexity index is 1180. The number of hydrogen-bond acceptors (Lipinski definition) is 7. The number of imide groups is 1. The van der Waals surface area contributed by atoms with Crippen LogP contribution in [0.1, 0.15) is 43.4 Å². The molecule has 2 aromatic heterocycles. The molecule has 2 fully saturated rings. The lowest BCUT2D eigenvalue weighted by molar-refractivity contribution is -0.115. The van der Waals surface area contributed by atoms with Gasteiger partial charge in [-0.2, -0.15) is 19.6 Å². The average Bonchev–Trinajstić information content (AvgIpc) is 3.41. The van der Waals surface area contributed by atoms with Crippen LogP contribution in [0, 0.1) is 0 Å². The minimum atomic E-state index is -0.547. The van der Waals surface area contributed by atoms with Crippen molar-refractivity contribution >= 4 is 35.6 Å². The van der Waals surface area contributed by atoms with Crippen LogP contribution < -0.4 is 21.3 Å². The second-order valence-electron chi connectivity index (χ2n) is 7.61. The molecule has 3 aromatic rings. The van der Waals surface area contributed by atoms with Gasteiger partial charge >= 0.3 is 6.03 Å². The highest BCUT2D eigenvalue weighted by Gasteiger charge is 2.26. The van der Waals surface area contributed by atoms with Crippen LogP contribution in [0.15, 0.2) is 42.2 Å². The number of aromatic nitrogens is 4. The monoisotopic (exact) mass is 418 g/mol. The van der Waals surface area contributed by atoms with Gasteiger partial charge in [0.1, 0.15) is 5.70 Å². The van der Waals surface area contributed by atoms with E-state index in [1.165, 1.54) is 0 Å². The SMILES string of the molecule is CCC(Nc1nc(NC2CC2)n2ncc(/C=C3\NC(=O)NC3=O)c2n1)c1ccccc1. The zero-order valence-electron chi connectivity index (χ0n) is 16.9. The molecule has 1 atom stereocenters. The van der Waals surface area contributed by atoms with E-state index in [1.54, 1.807) is 16.8 Å². The van der Waals surface area contributed by atoms with Gasteiger partial charge in [-0.25, -0.2) is 4.79 Å². The molecule has 4 N–H and O–H groups in total. The molecule has 10 heteroatoms. The Labute approximate surface area is 178 Å². The molecule has 1 saturated heterocycles. The summed E-state index contributed by atoms with van der Waals surface area (Å²) >= 11 is 0. The van der Waals surface area contributed by atoms with Gasteiger partial charge in [-0.3, -0.25) is 10.1 Å². The first-order valence-corrected chi connectivity index (χ1v) is 10.3. The number of rotatable bonds is 7. The minimum absolute atomic E-state index is 0.0436. The first-order chi connectivity index (χ1) is 15.1. The van der Waals surface area contributed by atoms with E-state index in [4.69, 9.17) is 0 Å². The van der Waals surface area contributed by atoms with Gasteiger partial charge < -0.3 is 16.0 Å². The van der Waals surface area contributed by atoms with Crippen LogP contribution in [0.5, 0.6) is 0 Å². The summed E-state index contributed by atoms with van der Waals surface area (Å²) in [5.41, 5.74) is 2.43. The van der Waals surface area contributed by atoms with E-state index in [-0.39, 0.29) is 11.7 Å². The van der Waals surface area contributed by atoms with Crippen molar-refractivity contribution in [1.82, 2.24) is 30.2 Å². The Balaban J connectivity index is 1.54. The molecule has 3 heterocycles. The van der Waals surface area contributed by atoms with Crippen LogP contribution in [0.2, 0.25) is 0 Å². The Morgan fingerprint density at radius 3 is 2.68 bits per heavy atom. The quantitative estimate of drug-likeness (QED) is 0.343. The van der Waals surface area contributed by atoms with Gasteiger partial charge in [-0.1, -0.05) is 37.3 Å². The summed E-state index contributed by atoms with van der Waals surface area (Å²) in [6.07, 6.45) is 6.19. The molecule has 1 unspecified atom stereocenters. The molecule has 5 rings (SSSR count). The molecule has 1 aliphatic heterocycles. The number of benzene rings is 1. The molecule has 31 heavy (non-hydrogen) atoms. The van der Waals surface area contributed by atoms with Crippen molar-refractivity contribution in [2.24, 2.45) is 0 Å². The Morgan fingerprint density at radius 2 is 2.00 bits per heavy atom. The fourth-order valence-corrected chi connectivity index (χ4v) is 3.46. The Hall–Kier alpha value is -3.95. The zero-order chi connectivity index (χ0) is 21.4. The maximum atomic E-state index is 11.9. The first-order valence-electron chi connectivity index (χ1n) is 10.3. The number of anilines is 2. The fraction of sp³-hybridized carbons (Fsp3) is 0.286. The molecule has 10 nitrogen and oxygen atoms in total. The Morgan fingerprint density at radius 1 is 1.19 bits per heavy atom. The summed E-state index contributed by atoms with van der Waals surface area (Å²) in [5, 5.41) is 15.9. The average molecular weight is 418 g/mol. The summed E-state index contributed by atoms with van der Waals surface area (Å²) in [6, 6.07) is 10.0. The van der Waals surface area contributed by atoms with Crippen molar-refractivity contribution in [3.8, 4) is 0 Å². The molecule has 0 spiro atoms. The molecule has 1 saturated carbocycles. The summed E-state index contributed by atoms with van der Waals surface area (Å²) in [6.45, 7) is 2.10. The molecule has 158 valence electrons. The second kappa shape index (κ2) is 7.71. The van der Waals surface area contributed by atoms with Crippen LogP contribution in [-0.4, -0.2) is 37.6 Å². The van der Waals surface area contributed by atoms with Gasteiger partial charge in [-0.15, -0.1) is 0 Å². The predicted molar refractivity (Wildman–Crippen MR) is 115 cm³/mol. The number of nitrogens with zero attached hydrogens (tertiary/aromatic N) is 4. The van der Waals surface area contributed by atoms with Gasteiger partial charge in [-0.05, 0) is 30.9 Å². The number of hydrogen-bond donors (Lipinski definition) is 4. The third kappa shape index (κ3) is 3.91. The van der Waals surface area contributed by atoms with Crippen LogP contribution in [0.25, 0.3) is 11.7 Å². The van der Waals surface area contributed by atoms with E-state index in [0.717, 1.165) is 24.8 Å². The van der Waals surface area contributed by atoms with Crippen molar-refractivity contribution < 1.29 is 9.59 Å². The first kappa shape index (κ1) is 19.0. The van der Waals surface area contributed by atoms with E-state index in [0.29, 0.717) is 29.1 Å². The number of amides is 3. The van der Waals surface area contributed by atoms with Gasteiger partial charge in [0.15, 0.2) is 5.65 Å². The molecule has 1 aromatic carbocycles. The van der Waals surface area contributed by atoms with Crippen LogP contribution >= 0.6 is 0 Å². The summed E-state index contributed by atoms with van der Waals surface area (Å²) in [4.78, 5) is 32.7. The highest BCUT2D eigenvalue weighted by Crippen LogP contribution is 2.27. The molecule has 1 aliphatic carbocycles. The predicted octanol–water partition coefficient (Wildman–Crippen LogP) is 2.44. The largest absolute Gasteiger partial charge is 0.351 e. The van der Waals surface area contributed by atoms with Crippen molar-refractivity contribution in [3.63, 3.8) is 0 Å². The van der Waals surface area contributed by atoms with E-state index < -0.39 is 11.9 Å². The zero-order valence-corrected chi connectivity index (χ0v) is 16.9. The second-order valence-corrected chi connectivity index (χ2v) is 7.61. The fourth-order valence-electron chi connectivity index (χ4n) is 3.46. The maximum absolute atomic E-state index is 11.9. The van der Waals surface area contributed by atoms with Crippen LogP contribution in [-0.2, 0) is 4.79 Å². The minimum Gasteiger partial charge on any atom is -0.351 e. The smallest absolute Gasteiger partial charge is 0.326 e. The van der Waals surface area contributed by atoms with Crippen molar-refractivity contribution in [3.05, 3.63) is 53.4 Å². The topological polar surface area (TPSA) is 125 Å². The number of carbonyl (C=O) groups excluding carboxylic acids is 2. The lowest BCUT2D eigenvalue weighted by atomic mass is 10.1. The summed E-state index contributed by atoms with van der Waals surface area (Å²) < 4.78 is 1.62. The van der Waals surface area contributed by atoms with Crippen molar-refractivity contribution in [2.45, 2.75) is 38.3 Å². The highest BCUT2D eigenvalue weighted by molar-refractivity contribution is 6.14. The van der Waals surface area contributed by atoms with Crippen molar-refractivity contribution in [1.29, 1.82) is 0 Å². The van der Waals surface area contributed by atoms with Crippen LogP contribution in [0.4, 0.5) is 16.7 Å². The standard InChI is InChI=1S/C21H22N8O2/c1-2-15(12-6-4-3-5-7-12)24-19-26-17-13(10-16-18(30)27-21(31)25-16)11-22-29(17)20(28-19)23-14-8-9-14/h3-7,10-11,14-15H,2,8-9H2,1H3,(H2,23,24,26,28)(H2,25,27,30,31)/b16-10-. The molecule has 2 aliphatic rings. The van der Waals surface area contributed by atoms with Crippen LogP contribution in [0.3, 0.4) is 0 Å². The number of fused-ring (bicyclic) bond motifs is 1. The van der Waals surface area contributed by atoms with Gasteiger partial charge in [0, 0.05) is 11.6 Å². The van der Waals surface area contributed by atoms with Gasteiger partial charge in [0.2, 0.25) is 11.9 Å². The van der Waals surface area contributed by atoms with Gasteiger partial charge in [0.25, 0.3) is 5.91 Å². The molecule has 0 radical (unpaired) electrons. The molecule has 0 bridgehead atoms. The lowest BCUT2D eigenvalue weighted by Crippen LogP contribution is -2.22. The van der Waals surface area contributed by atoms with E-state index in [9.17, 15) is 9.59 Å². The third-order valence-electron chi connectivity index (χ3n) is 5.24.